The summed E-state index contributed by atoms with van der Waals surface area (Å²) in [5, 5.41) is 0. The van der Waals surface area contributed by atoms with Gasteiger partial charge in [-0.2, -0.15) is 0 Å². The van der Waals surface area contributed by atoms with E-state index in [1.807, 2.05) is 0 Å². The maximum absolute atomic E-state index is 12.9. The van der Waals surface area contributed by atoms with Crippen LogP contribution in [-0.2, 0) is 28.6 Å². The number of hydrogen-bond acceptors (Lipinski definition) is 6. The van der Waals surface area contributed by atoms with Gasteiger partial charge in [0.2, 0.25) is 0 Å². The van der Waals surface area contributed by atoms with Crippen LogP contribution in [0.15, 0.2) is 134 Å². The van der Waals surface area contributed by atoms with E-state index in [2.05, 4.69) is 154 Å². The monoisotopic (exact) mass is 1090 g/mol. The largest absolute Gasteiger partial charge is 0.462 e. The van der Waals surface area contributed by atoms with Gasteiger partial charge in [-0.3, -0.25) is 14.4 Å². The second kappa shape index (κ2) is 66.1. The molecule has 0 aromatic carbocycles. The topological polar surface area (TPSA) is 78.9 Å². The molecule has 0 rings (SSSR count). The zero-order valence-corrected chi connectivity index (χ0v) is 51.3. The standard InChI is InChI=1S/C73H120O6/c1-4-7-10-13-16-19-22-24-26-28-30-32-34-36-38-40-42-44-46-48-51-54-57-60-63-66-72(75)78-69-70(68-77-71(74)65-62-59-56-53-50-21-18-15-12-9-6-3)79-73(76)67-64-61-58-55-52-49-47-45-43-41-39-37-35-33-31-29-27-25-23-20-17-14-11-8-5-2/h7,10,15-16,18-19,23-26,29-32,35-38,42,44,48,51,70H,4-6,8-9,11-14,17,20-22,27-28,33-34,39-41,43,45-47,49-50,52-69H2,1-3H3/b10-7-,18-15-,19-16-,25-23-,26-24-,31-29-,32-30-,37-35-,38-36-,44-42-,51-48-. The SMILES string of the molecule is CC/C=C\C/C=C\C/C=C\C/C=C\C/C=C\C/C=C\C/C=C\CCCCCC(=O)OCC(COC(=O)CCCCCCC/C=C\CCCC)OC(=O)CCCCCCCCCCCC/C=C\C/C=C\C/C=C\CCCCCCC. The predicted octanol–water partition coefficient (Wildman–Crippen LogP) is 22.5. The van der Waals surface area contributed by atoms with Gasteiger partial charge in [0, 0.05) is 19.3 Å². The molecule has 0 fully saturated rings. The lowest BCUT2D eigenvalue weighted by Gasteiger charge is -2.18. The lowest BCUT2D eigenvalue weighted by molar-refractivity contribution is -0.167. The smallest absolute Gasteiger partial charge is 0.306 e. The molecular formula is C73H120O6. The highest BCUT2D eigenvalue weighted by molar-refractivity contribution is 5.71. The third kappa shape index (κ3) is 64.3. The minimum Gasteiger partial charge on any atom is -0.462 e. The molecule has 1 unspecified atom stereocenters. The first kappa shape index (κ1) is 74.5. The summed E-state index contributed by atoms with van der Waals surface area (Å²) in [6.07, 6.45) is 93.2. The van der Waals surface area contributed by atoms with Gasteiger partial charge in [-0.15, -0.1) is 0 Å². The van der Waals surface area contributed by atoms with Crippen molar-refractivity contribution in [2.75, 3.05) is 13.2 Å². The van der Waals surface area contributed by atoms with E-state index in [0.29, 0.717) is 19.3 Å². The molecule has 0 aliphatic heterocycles. The summed E-state index contributed by atoms with van der Waals surface area (Å²) in [5.41, 5.74) is 0. The molecule has 0 aromatic heterocycles. The molecule has 0 amide bonds. The fourth-order valence-electron chi connectivity index (χ4n) is 8.70. The van der Waals surface area contributed by atoms with Crippen LogP contribution in [0.2, 0.25) is 0 Å². The third-order valence-corrected chi connectivity index (χ3v) is 13.6. The van der Waals surface area contributed by atoms with E-state index >= 15 is 0 Å². The van der Waals surface area contributed by atoms with Crippen LogP contribution in [0.25, 0.3) is 0 Å². The molecule has 0 aliphatic rings. The van der Waals surface area contributed by atoms with Crippen molar-refractivity contribution in [3.63, 3.8) is 0 Å². The minimum atomic E-state index is -0.803. The molecule has 1 atom stereocenters. The van der Waals surface area contributed by atoms with Crippen molar-refractivity contribution in [1.82, 2.24) is 0 Å². The van der Waals surface area contributed by atoms with E-state index in [4.69, 9.17) is 14.2 Å². The first-order valence-corrected chi connectivity index (χ1v) is 32.7. The van der Waals surface area contributed by atoms with Crippen molar-refractivity contribution in [1.29, 1.82) is 0 Å². The summed E-state index contributed by atoms with van der Waals surface area (Å²) in [6, 6.07) is 0. The van der Waals surface area contributed by atoms with Gasteiger partial charge in [-0.1, -0.05) is 270 Å². The number of hydrogen-bond donors (Lipinski definition) is 0. The molecule has 0 spiro atoms. The molecule has 0 saturated carbocycles. The molecule has 0 N–H and O–H groups in total. The summed E-state index contributed by atoms with van der Waals surface area (Å²) >= 11 is 0. The molecule has 0 radical (unpaired) electrons. The number of carbonyl (C=O) groups excluding carboxylic acids is 3. The molecule has 0 saturated heterocycles. The van der Waals surface area contributed by atoms with Crippen molar-refractivity contribution >= 4 is 17.9 Å². The number of esters is 3. The number of unbranched alkanes of at least 4 members (excludes halogenated alkanes) is 25. The molecule has 0 heterocycles. The fourth-order valence-corrected chi connectivity index (χ4v) is 8.70. The van der Waals surface area contributed by atoms with Crippen molar-refractivity contribution in [2.24, 2.45) is 0 Å². The van der Waals surface area contributed by atoms with Gasteiger partial charge in [0.1, 0.15) is 13.2 Å². The molecule has 0 aliphatic carbocycles. The summed E-state index contributed by atoms with van der Waals surface area (Å²) in [4.78, 5) is 38.3. The van der Waals surface area contributed by atoms with Crippen LogP contribution in [-0.4, -0.2) is 37.2 Å². The molecule has 448 valence electrons. The molecule has 0 aromatic rings. The Morgan fingerprint density at radius 1 is 0.266 bits per heavy atom. The summed E-state index contributed by atoms with van der Waals surface area (Å²) in [5.74, 6) is -0.944. The first-order chi connectivity index (χ1) is 39.0. The summed E-state index contributed by atoms with van der Waals surface area (Å²) < 4.78 is 16.9. The zero-order chi connectivity index (χ0) is 57.1. The number of rotatable bonds is 58. The molecule has 79 heavy (non-hydrogen) atoms. The quantitative estimate of drug-likeness (QED) is 0.0261. The highest BCUT2D eigenvalue weighted by atomic mass is 16.6. The van der Waals surface area contributed by atoms with E-state index in [-0.39, 0.29) is 31.1 Å². The van der Waals surface area contributed by atoms with Crippen LogP contribution in [0, 0.1) is 0 Å². The Balaban J connectivity index is 4.38. The van der Waals surface area contributed by atoms with Gasteiger partial charge >= 0.3 is 17.9 Å². The average molecular weight is 1090 g/mol. The van der Waals surface area contributed by atoms with Crippen molar-refractivity contribution in [2.45, 2.75) is 297 Å². The minimum absolute atomic E-state index is 0.0981. The highest BCUT2D eigenvalue weighted by Gasteiger charge is 2.19. The van der Waals surface area contributed by atoms with Crippen molar-refractivity contribution in [3.05, 3.63) is 134 Å². The molecular weight excluding hydrogens is 973 g/mol. The fraction of sp³-hybridized carbons (Fsp3) is 0.658. The van der Waals surface area contributed by atoms with Crippen LogP contribution in [0.1, 0.15) is 290 Å². The van der Waals surface area contributed by atoms with Gasteiger partial charge in [-0.05, 0) is 135 Å². The molecule has 0 bridgehead atoms. The Morgan fingerprint density at radius 2 is 0.506 bits per heavy atom. The van der Waals surface area contributed by atoms with E-state index in [0.717, 1.165) is 135 Å². The van der Waals surface area contributed by atoms with Crippen LogP contribution in [0.3, 0.4) is 0 Å². The zero-order valence-electron chi connectivity index (χ0n) is 51.3. The predicted molar refractivity (Wildman–Crippen MR) is 343 cm³/mol. The number of carbonyl (C=O) groups is 3. The normalized spacial score (nSPS) is 13.0. The van der Waals surface area contributed by atoms with Crippen LogP contribution in [0.5, 0.6) is 0 Å². The Bertz CT molecular complexity index is 1680. The van der Waals surface area contributed by atoms with Gasteiger partial charge < -0.3 is 14.2 Å². The Hall–Kier alpha value is -4.45. The molecule has 6 heteroatoms. The maximum Gasteiger partial charge on any atom is 0.306 e. The van der Waals surface area contributed by atoms with Gasteiger partial charge in [-0.25, -0.2) is 0 Å². The van der Waals surface area contributed by atoms with E-state index in [1.54, 1.807) is 0 Å². The van der Waals surface area contributed by atoms with Gasteiger partial charge in [0.05, 0.1) is 0 Å². The summed E-state index contributed by atoms with van der Waals surface area (Å²) in [7, 11) is 0. The Labute approximate surface area is 487 Å². The Kier molecular flexibility index (Phi) is 62.3. The van der Waals surface area contributed by atoms with E-state index < -0.39 is 6.10 Å². The van der Waals surface area contributed by atoms with Gasteiger partial charge in [0.15, 0.2) is 6.10 Å². The third-order valence-electron chi connectivity index (χ3n) is 13.6. The van der Waals surface area contributed by atoms with Crippen LogP contribution < -0.4 is 0 Å². The second-order valence-corrected chi connectivity index (χ2v) is 21.3. The summed E-state index contributed by atoms with van der Waals surface area (Å²) in [6.45, 7) is 6.44. The second-order valence-electron chi connectivity index (χ2n) is 21.3. The van der Waals surface area contributed by atoms with E-state index in [9.17, 15) is 14.4 Å². The Morgan fingerprint density at radius 3 is 0.835 bits per heavy atom. The van der Waals surface area contributed by atoms with Crippen LogP contribution >= 0.6 is 0 Å². The lowest BCUT2D eigenvalue weighted by Crippen LogP contribution is -2.30. The lowest BCUT2D eigenvalue weighted by atomic mass is 10.0. The van der Waals surface area contributed by atoms with Crippen LogP contribution in [0.4, 0.5) is 0 Å². The number of ether oxygens (including phenoxy) is 3. The van der Waals surface area contributed by atoms with Crippen molar-refractivity contribution < 1.29 is 28.6 Å². The average Bonchev–Trinajstić information content (AvgIpc) is 3.45. The number of allylic oxidation sites excluding steroid dienone is 22. The highest BCUT2D eigenvalue weighted by Crippen LogP contribution is 2.15. The first-order valence-electron chi connectivity index (χ1n) is 32.7. The van der Waals surface area contributed by atoms with E-state index in [1.165, 1.54) is 116 Å². The maximum atomic E-state index is 12.9. The molecule has 6 nitrogen and oxygen atoms in total. The van der Waals surface area contributed by atoms with Gasteiger partial charge in [0.25, 0.3) is 0 Å². The van der Waals surface area contributed by atoms with Crippen molar-refractivity contribution in [3.8, 4) is 0 Å².